The molecule has 0 aromatic heterocycles. The lowest BCUT2D eigenvalue weighted by Gasteiger charge is -2.15. The Kier molecular flexibility index (Phi) is 4.76. The number of carbonyl (C=O) groups is 2. The molecule has 0 unspecified atom stereocenters. The van der Waals surface area contributed by atoms with Gasteiger partial charge >= 0.3 is 0 Å². The van der Waals surface area contributed by atoms with Gasteiger partial charge in [-0.3, -0.25) is 9.59 Å². The summed E-state index contributed by atoms with van der Waals surface area (Å²) in [6, 6.07) is 8.83. The Labute approximate surface area is 145 Å². The number of rotatable bonds is 6. The molecule has 0 bridgehead atoms. The zero-order valence-electron chi connectivity index (χ0n) is 14.1. The maximum absolute atomic E-state index is 11.7. The average Bonchev–Trinajstić information content (AvgIpc) is 2.98. The van der Waals surface area contributed by atoms with E-state index in [1.165, 1.54) is 14.2 Å². The third-order valence-corrected chi connectivity index (χ3v) is 4.29. The first-order valence-corrected chi connectivity index (χ1v) is 7.90. The van der Waals surface area contributed by atoms with Crippen LogP contribution in [0.2, 0.25) is 0 Å². The maximum atomic E-state index is 11.7. The second kappa shape index (κ2) is 6.98. The molecular formula is C18H20N2O5. The quantitative estimate of drug-likeness (QED) is 0.821. The van der Waals surface area contributed by atoms with Crippen LogP contribution in [0.5, 0.6) is 11.5 Å². The Morgan fingerprint density at radius 3 is 2.72 bits per heavy atom. The lowest BCUT2D eigenvalue weighted by Crippen LogP contribution is -2.31. The van der Waals surface area contributed by atoms with Crippen molar-refractivity contribution in [3.63, 3.8) is 0 Å². The molecule has 25 heavy (non-hydrogen) atoms. The molecule has 7 nitrogen and oxygen atoms in total. The van der Waals surface area contributed by atoms with Crippen LogP contribution in [0.1, 0.15) is 16.8 Å². The van der Waals surface area contributed by atoms with E-state index in [9.17, 15) is 9.59 Å². The predicted octanol–water partition coefficient (Wildman–Crippen LogP) is 1.23. The average molecular weight is 344 g/mol. The van der Waals surface area contributed by atoms with E-state index in [1.807, 2.05) is 18.2 Å². The van der Waals surface area contributed by atoms with Crippen LogP contribution in [0.3, 0.4) is 0 Å². The number of amides is 2. The first-order valence-electron chi connectivity index (χ1n) is 7.90. The molecule has 7 heteroatoms. The largest absolute Gasteiger partial charge is 0.496 e. The van der Waals surface area contributed by atoms with E-state index in [-0.39, 0.29) is 11.9 Å². The molecule has 0 radical (unpaired) electrons. The van der Waals surface area contributed by atoms with Crippen LogP contribution in [0.4, 0.5) is 0 Å². The minimum absolute atomic E-state index is 0.112. The van der Waals surface area contributed by atoms with Crippen molar-refractivity contribution in [2.45, 2.75) is 18.6 Å². The maximum Gasteiger partial charge on any atom is 0.252 e. The van der Waals surface area contributed by atoms with E-state index in [4.69, 9.17) is 19.9 Å². The molecule has 2 aromatic rings. The van der Waals surface area contributed by atoms with Gasteiger partial charge < -0.3 is 25.3 Å². The number of nitrogens with two attached hydrogens (primary N) is 1. The topological polar surface area (TPSA) is 99.9 Å². The summed E-state index contributed by atoms with van der Waals surface area (Å²) >= 11 is 0. The van der Waals surface area contributed by atoms with Crippen molar-refractivity contribution < 1.29 is 23.8 Å². The highest BCUT2D eigenvalue weighted by atomic mass is 16.5. The van der Waals surface area contributed by atoms with Crippen molar-refractivity contribution in [1.82, 2.24) is 5.32 Å². The van der Waals surface area contributed by atoms with Gasteiger partial charge in [0.1, 0.15) is 24.2 Å². The molecular weight excluding hydrogens is 324 g/mol. The molecule has 0 aliphatic carbocycles. The molecule has 1 saturated heterocycles. The summed E-state index contributed by atoms with van der Waals surface area (Å²) in [5.74, 6) is 0.359. The first-order chi connectivity index (χ1) is 12.0. The van der Waals surface area contributed by atoms with E-state index < -0.39 is 12.0 Å². The number of ether oxygens (including phenoxy) is 3. The summed E-state index contributed by atoms with van der Waals surface area (Å²) in [6.45, 7) is 0.324. The molecule has 3 N–H and O–H groups in total. The zero-order chi connectivity index (χ0) is 18.0. The second-order valence-electron chi connectivity index (χ2n) is 5.87. The van der Waals surface area contributed by atoms with Crippen molar-refractivity contribution in [2.75, 3.05) is 20.8 Å². The first kappa shape index (κ1) is 17.0. The lowest BCUT2D eigenvalue weighted by atomic mass is 10.0. The number of fused-ring (bicyclic) bond motifs is 1. The van der Waals surface area contributed by atoms with Crippen LogP contribution in [0.25, 0.3) is 10.8 Å². The summed E-state index contributed by atoms with van der Waals surface area (Å²) in [6.07, 6.45) is 0.134. The molecule has 1 aliphatic rings. The Morgan fingerprint density at radius 1 is 1.28 bits per heavy atom. The van der Waals surface area contributed by atoms with Crippen molar-refractivity contribution in [1.29, 1.82) is 0 Å². The van der Waals surface area contributed by atoms with Gasteiger partial charge in [-0.05, 0) is 23.6 Å². The fourth-order valence-corrected chi connectivity index (χ4v) is 2.99. The highest BCUT2D eigenvalue weighted by Crippen LogP contribution is 2.32. The standard InChI is InChI=1S/C18H20N2O5/c1-23-15-8-12-10(6-13(15)17(19)21)4-3-5-14(12)25-9-11-7-16(24-2)18(22)20-11/h3-6,8,11,16H,7,9H2,1-2H3,(H2,19,21)(H,20,22)/t11-,16-/m0/s1. The molecule has 1 heterocycles. The number of nitrogens with one attached hydrogen (secondary N) is 1. The Morgan fingerprint density at radius 2 is 2.08 bits per heavy atom. The van der Waals surface area contributed by atoms with Crippen molar-refractivity contribution in [3.05, 3.63) is 35.9 Å². The number of methoxy groups -OCH3 is 2. The highest BCUT2D eigenvalue weighted by molar-refractivity contribution is 6.02. The summed E-state index contributed by atoms with van der Waals surface area (Å²) in [7, 11) is 3.00. The molecule has 1 aliphatic heterocycles. The van der Waals surface area contributed by atoms with Crippen LogP contribution in [-0.4, -0.2) is 44.8 Å². The molecule has 2 amide bonds. The van der Waals surface area contributed by atoms with E-state index in [0.29, 0.717) is 30.1 Å². The number of carbonyl (C=O) groups excluding carboxylic acids is 2. The van der Waals surface area contributed by atoms with Gasteiger partial charge in [-0.1, -0.05) is 12.1 Å². The molecule has 1 fully saturated rings. The number of benzene rings is 2. The minimum Gasteiger partial charge on any atom is -0.496 e. The van der Waals surface area contributed by atoms with Gasteiger partial charge in [0, 0.05) is 18.9 Å². The van der Waals surface area contributed by atoms with Crippen LogP contribution >= 0.6 is 0 Å². The SMILES string of the molecule is COc1cc2c(OC[C@@H]3C[C@H](OC)C(=O)N3)cccc2cc1C(N)=O. The fourth-order valence-electron chi connectivity index (χ4n) is 2.99. The summed E-state index contributed by atoms with van der Waals surface area (Å²) in [5, 5.41) is 4.46. The Balaban J connectivity index is 1.84. The molecule has 0 spiro atoms. The third kappa shape index (κ3) is 3.36. The van der Waals surface area contributed by atoms with E-state index in [1.54, 1.807) is 12.1 Å². The van der Waals surface area contributed by atoms with Gasteiger partial charge in [-0.15, -0.1) is 0 Å². The fraction of sp³-hybridized carbons (Fsp3) is 0.333. The van der Waals surface area contributed by atoms with Gasteiger partial charge in [-0.2, -0.15) is 0 Å². The van der Waals surface area contributed by atoms with Crippen LogP contribution < -0.4 is 20.5 Å². The van der Waals surface area contributed by atoms with Crippen LogP contribution in [0, 0.1) is 0 Å². The number of primary amides is 1. The van der Waals surface area contributed by atoms with Crippen molar-refractivity contribution >= 4 is 22.6 Å². The third-order valence-electron chi connectivity index (χ3n) is 4.29. The van der Waals surface area contributed by atoms with Crippen molar-refractivity contribution in [2.24, 2.45) is 5.73 Å². The molecule has 0 saturated carbocycles. The smallest absolute Gasteiger partial charge is 0.252 e. The number of hydrogen-bond acceptors (Lipinski definition) is 5. The second-order valence-corrected chi connectivity index (χ2v) is 5.87. The lowest BCUT2D eigenvalue weighted by molar-refractivity contribution is -0.127. The van der Waals surface area contributed by atoms with E-state index in [2.05, 4.69) is 5.32 Å². The van der Waals surface area contributed by atoms with Gasteiger partial charge in [0.2, 0.25) is 5.91 Å². The monoisotopic (exact) mass is 344 g/mol. The highest BCUT2D eigenvalue weighted by Gasteiger charge is 2.32. The Bertz CT molecular complexity index is 820. The minimum atomic E-state index is -0.552. The Hall–Kier alpha value is -2.80. The van der Waals surface area contributed by atoms with Crippen molar-refractivity contribution in [3.8, 4) is 11.5 Å². The summed E-state index contributed by atoms with van der Waals surface area (Å²) < 4.78 is 16.3. The van der Waals surface area contributed by atoms with E-state index >= 15 is 0 Å². The number of hydrogen-bond donors (Lipinski definition) is 2. The molecule has 2 aromatic carbocycles. The summed E-state index contributed by atoms with van der Waals surface area (Å²) in [5.41, 5.74) is 5.72. The van der Waals surface area contributed by atoms with Gasteiger partial charge in [0.25, 0.3) is 5.91 Å². The van der Waals surface area contributed by atoms with Crippen LogP contribution in [-0.2, 0) is 9.53 Å². The normalized spacial score (nSPS) is 19.7. The molecule has 2 atom stereocenters. The van der Waals surface area contributed by atoms with Gasteiger partial charge in [0.15, 0.2) is 0 Å². The molecule has 132 valence electrons. The zero-order valence-corrected chi connectivity index (χ0v) is 14.1. The predicted molar refractivity (Wildman–Crippen MR) is 91.9 cm³/mol. The molecule has 3 rings (SSSR count). The van der Waals surface area contributed by atoms with Gasteiger partial charge in [0.05, 0.1) is 18.7 Å². The summed E-state index contributed by atoms with van der Waals surface area (Å²) in [4.78, 5) is 23.2. The van der Waals surface area contributed by atoms with Crippen LogP contribution in [0.15, 0.2) is 30.3 Å². The van der Waals surface area contributed by atoms with E-state index in [0.717, 1.165) is 10.8 Å². The van der Waals surface area contributed by atoms with Gasteiger partial charge in [-0.25, -0.2) is 0 Å².